The van der Waals surface area contributed by atoms with Crippen LogP contribution in [-0.4, -0.2) is 15.0 Å². The summed E-state index contributed by atoms with van der Waals surface area (Å²) in [7, 11) is 0. The van der Waals surface area contributed by atoms with E-state index in [0.29, 0.717) is 6.54 Å². The van der Waals surface area contributed by atoms with E-state index >= 15 is 0 Å². The van der Waals surface area contributed by atoms with Gasteiger partial charge in [-0.3, -0.25) is 0 Å². The Morgan fingerprint density at radius 3 is 2.15 bits per heavy atom. The lowest BCUT2D eigenvalue weighted by molar-refractivity contribution is 1.03. The standard InChI is InChI=1S/C28H24N4S/c1-19-8-12-23(13-9-19)26-18-33-28(32-26)24-14-10-21(11-15-24)17-29-27-16-25(30-20(2)31-27)22-6-4-3-5-7-22/h3-16,18H,17H2,1-2H3,(H,29,30,31). The summed E-state index contributed by atoms with van der Waals surface area (Å²) in [6.45, 7) is 4.71. The molecule has 0 saturated heterocycles. The molecule has 0 atom stereocenters. The number of thiazole rings is 1. The third-order valence-corrected chi connectivity index (χ3v) is 6.32. The number of anilines is 1. The summed E-state index contributed by atoms with van der Waals surface area (Å²) in [5.74, 6) is 1.58. The average molecular weight is 449 g/mol. The molecular formula is C28H24N4S. The third kappa shape index (κ3) is 4.99. The van der Waals surface area contributed by atoms with Crippen LogP contribution < -0.4 is 5.32 Å². The van der Waals surface area contributed by atoms with Crippen LogP contribution in [0.3, 0.4) is 0 Å². The van der Waals surface area contributed by atoms with Crippen LogP contribution in [0.25, 0.3) is 33.1 Å². The fraction of sp³-hybridized carbons (Fsp3) is 0.107. The van der Waals surface area contributed by atoms with E-state index in [1.807, 2.05) is 31.2 Å². The van der Waals surface area contributed by atoms with Crippen LogP contribution in [0.4, 0.5) is 5.82 Å². The molecule has 0 radical (unpaired) electrons. The molecular weight excluding hydrogens is 424 g/mol. The van der Waals surface area contributed by atoms with E-state index in [-0.39, 0.29) is 0 Å². The fourth-order valence-electron chi connectivity index (χ4n) is 3.64. The number of hydrogen-bond donors (Lipinski definition) is 1. The quantitative estimate of drug-likeness (QED) is 0.299. The van der Waals surface area contributed by atoms with Crippen molar-refractivity contribution in [1.29, 1.82) is 0 Å². The van der Waals surface area contributed by atoms with Gasteiger partial charge in [0.2, 0.25) is 0 Å². The monoisotopic (exact) mass is 448 g/mol. The highest BCUT2D eigenvalue weighted by Crippen LogP contribution is 2.29. The lowest BCUT2D eigenvalue weighted by Crippen LogP contribution is -2.04. The molecule has 2 heterocycles. The minimum absolute atomic E-state index is 0.692. The van der Waals surface area contributed by atoms with Crippen molar-refractivity contribution in [2.45, 2.75) is 20.4 Å². The summed E-state index contributed by atoms with van der Waals surface area (Å²) < 4.78 is 0. The van der Waals surface area contributed by atoms with Gasteiger partial charge >= 0.3 is 0 Å². The van der Waals surface area contributed by atoms with Gasteiger partial charge in [-0.25, -0.2) is 15.0 Å². The van der Waals surface area contributed by atoms with Gasteiger partial charge < -0.3 is 5.32 Å². The van der Waals surface area contributed by atoms with Crippen LogP contribution in [0.5, 0.6) is 0 Å². The van der Waals surface area contributed by atoms with Crippen molar-refractivity contribution in [1.82, 2.24) is 15.0 Å². The maximum atomic E-state index is 4.84. The highest BCUT2D eigenvalue weighted by molar-refractivity contribution is 7.13. The fourth-order valence-corrected chi connectivity index (χ4v) is 4.47. The van der Waals surface area contributed by atoms with E-state index in [4.69, 9.17) is 4.98 Å². The summed E-state index contributed by atoms with van der Waals surface area (Å²) in [5.41, 5.74) is 7.76. The van der Waals surface area contributed by atoms with Crippen molar-refractivity contribution in [2.75, 3.05) is 5.32 Å². The summed E-state index contributed by atoms with van der Waals surface area (Å²) >= 11 is 1.68. The number of nitrogens with one attached hydrogen (secondary N) is 1. The van der Waals surface area contributed by atoms with Crippen molar-refractivity contribution >= 4 is 17.2 Å². The van der Waals surface area contributed by atoms with Gasteiger partial charge in [-0.2, -0.15) is 0 Å². The molecule has 0 amide bonds. The Labute approximate surface area is 198 Å². The molecule has 0 aliphatic heterocycles. The first kappa shape index (κ1) is 21.0. The van der Waals surface area contributed by atoms with E-state index in [1.165, 1.54) is 11.1 Å². The second kappa shape index (κ2) is 9.35. The molecule has 162 valence electrons. The summed E-state index contributed by atoms with van der Waals surface area (Å²) in [6, 6.07) is 29.2. The van der Waals surface area contributed by atoms with Gasteiger partial charge in [0.15, 0.2) is 0 Å². The molecule has 33 heavy (non-hydrogen) atoms. The zero-order chi connectivity index (χ0) is 22.6. The first-order valence-corrected chi connectivity index (χ1v) is 11.8. The van der Waals surface area contributed by atoms with E-state index < -0.39 is 0 Å². The molecule has 0 bridgehead atoms. The smallest absolute Gasteiger partial charge is 0.130 e. The SMILES string of the molecule is Cc1ccc(-c2csc(-c3ccc(CNc4cc(-c5ccccc5)nc(C)n4)cc3)n2)cc1. The van der Waals surface area contributed by atoms with Crippen molar-refractivity contribution < 1.29 is 0 Å². The van der Waals surface area contributed by atoms with Gasteiger partial charge in [0.25, 0.3) is 0 Å². The molecule has 0 aliphatic rings. The molecule has 5 aromatic rings. The van der Waals surface area contributed by atoms with Crippen molar-refractivity contribution in [3.63, 3.8) is 0 Å². The lowest BCUT2D eigenvalue weighted by atomic mass is 10.1. The molecule has 5 heteroatoms. The van der Waals surface area contributed by atoms with Gasteiger partial charge in [0.1, 0.15) is 16.6 Å². The number of aryl methyl sites for hydroxylation is 2. The molecule has 3 aromatic carbocycles. The highest BCUT2D eigenvalue weighted by atomic mass is 32.1. The molecule has 1 N–H and O–H groups in total. The van der Waals surface area contributed by atoms with E-state index in [2.05, 4.69) is 88.3 Å². The van der Waals surface area contributed by atoms with E-state index in [0.717, 1.165) is 44.7 Å². The topological polar surface area (TPSA) is 50.7 Å². The Kier molecular flexibility index (Phi) is 5.96. The number of benzene rings is 3. The molecule has 0 unspecified atom stereocenters. The van der Waals surface area contributed by atoms with Crippen LogP contribution in [0.2, 0.25) is 0 Å². The second-order valence-corrected chi connectivity index (χ2v) is 8.86. The van der Waals surface area contributed by atoms with E-state index in [1.54, 1.807) is 11.3 Å². The molecule has 0 saturated carbocycles. The third-order valence-electron chi connectivity index (χ3n) is 5.43. The van der Waals surface area contributed by atoms with Gasteiger partial charge in [0.05, 0.1) is 11.4 Å². The maximum Gasteiger partial charge on any atom is 0.130 e. The Bertz CT molecular complexity index is 1360. The van der Waals surface area contributed by atoms with Gasteiger partial charge in [-0.1, -0.05) is 84.4 Å². The predicted octanol–water partition coefficient (Wildman–Crippen LogP) is 7.16. The Morgan fingerprint density at radius 2 is 1.39 bits per heavy atom. The Balaban J connectivity index is 1.27. The second-order valence-electron chi connectivity index (χ2n) is 8.01. The summed E-state index contributed by atoms with van der Waals surface area (Å²) in [5, 5.41) is 6.59. The maximum absolute atomic E-state index is 4.84. The predicted molar refractivity (Wildman–Crippen MR) is 137 cm³/mol. The van der Waals surface area contributed by atoms with Crippen molar-refractivity contribution in [3.8, 4) is 33.1 Å². The Hall–Kier alpha value is -3.83. The first-order chi connectivity index (χ1) is 16.1. The van der Waals surface area contributed by atoms with Gasteiger partial charge in [-0.15, -0.1) is 11.3 Å². The largest absolute Gasteiger partial charge is 0.366 e. The molecule has 4 nitrogen and oxygen atoms in total. The number of hydrogen-bond acceptors (Lipinski definition) is 5. The minimum Gasteiger partial charge on any atom is -0.366 e. The van der Waals surface area contributed by atoms with Crippen LogP contribution in [0, 0.1) is 13.8 Å². The minimum atomic E-state index is 0.692. The molecule has 0 spiro atoms. The zero-order valence-electron chi connectivity index (χ0n) is 18.6. The molecule has 0 aliphatic carbocycles. The number of rotatable bonds is 6. The van der Waals surface area contributed by atoms with Crippen LogP contribution in [0.15, 0.2) is 90.3 Å². The first-order valence-electron chi connectivity index (χ1n) is 10.9. The number of nitrogens with zero attached hydrogens (tertiary/aromatic N) is 3. The molecule has 0 fully saturated rings. The lowest BCUT2D eigenvalue weighted by Gasteiger charge is -2.09. The summed E-state index contributed by atoms with van der Waals surface area (Å²) in [4.78, 5) is 14.0. The number of aromatic nitrogens is 3. The zero-order valence-corrected chi connectivity index (χ0v) is 19.4. The van der Waals surface area contributed by atoms with Crippen LogP contribution >= 0.6 is 11.3 Å². The molecule has 5 rings (SSSR count). The van der Waals surface area contributed by atoms with Crippen molar-refractivity contribution in [3.05, 3.63) is 107 Å². The van der Waals surface area contributed by atoms with Gasteiger partial charge in [-0.05, 0) is 19.4 Å². The highest BCUT2D eigenvalue weighted by Gasteiger charge is 2.08. The normalized spacial score (nSPS) is 10.8. The Morgan fingerprint density at radius 1 is 0.697 bits per heavy atom. The van der Waals surface area contributed by atoms with Crippen LogP contribution in [-0.2, 0) is 6.54 Å². The van der Waals surface area contributed by atoms with Crippen molar-refractivity contribution in [2.24, 2.45) is 0 Å². The summed E-state index contributed by atoms with van der Waals surface area (Å²) in [6.07, 6.45) is 0. The average Bonchev–Trinajstić information content (AvgIpc) is 3.34. The molecule has 2 aromatic heterocycles. The van der Waals surface area contributed by atoms with Crippen LogP contribution in [0.1, 0.15) is 17.0 Å². The van der Waals surface area contributed by atoms with E-state index in [9.17, 15) is 0 Å². The van der Waals surface area contributed by atoms with Gasteiger partial charge in [0, 0.05) is 34.7 Å².